The van der Waals surface area contributed by atoms with Gasteiger partial charge in [-0.25, -0.2) is 5.10 Å². The SMILES string of the molecule is Cc1cc(NC(=O)Cc2n[nH]c(=O)c3ccccc23)ccc1N1CCCC1. The fourth-order valence-electron chi connectivity index (χ4n) is 3.71. The van der Waals surface area contributed by atoms with Gasteiger partial charge in [-0.2, -0.15) is 5.10 Å². The molecule has 0 saturated carbocycles. The third-order valence-corrected chi connectivity index (χ3v) is 5.03. The first-order valence-corrected chi connectivity index (χ1v) is 9.23. The zero-order valence-corrected chi connectivity index (χ0v) is 15.3. The molecular weight excluding hydrogens is 340 g/mol. The number of hydrogen-bond acceptors (Lipinski definition) is 4. The lowest BCUT2D eigenvalue weighted by atomic mass is 10.1. The molecule has 1 fully saturated rings. The topological polar surface area (TPSA) is 78.1 Å². The average molecular weight is 362 g/mol. The molecule has 1 saturated heterocycles. The number of aromatic amines is 1. The van der Waals surface area contributed by atoms with Gasteiger partial charge in [-0.15, -0.1) is 0 Å². The summed E-state index contributed by atoms with van der Waals surface area (Å²) in [5.74, 6) is -0.159. The van der Waals surface area contributed by atoms with Gasteiger partial charge >= 0.3 is 0 Å². The van der Waals surface area contributed by atoms with Gasteiger partial charge in [0.25, 0.3) is 5.56 Å². The number of carbonyl (C=O) groups is 1. The number of carbonyl (C=O) groups excluding carboxylic acids is 1. The number of anilines is 2. The normalized spacial score (nSPS) is 13.9. The van der Waals surface area contributed by atoms with Crippen LogP contribution in [0.25, 0.3) is 10.8 Å². The molecule has 6 nitrogen and oxygen atoms in total. The van der Waals surface area contributed by atoms with Gasteiger partial charge in [0.2, 0.25) is 5.91 Å². The number of H-pyrrole nitrogens is 1. The molecule has 0 spiro atoms. The lowest BCUT2D eigenvalue weighted by Gasteiger charge is -2.20. The van der Waals surface area contributed by atoms with Crippen LogP contribution >= 0.6 is 0 Å². The van der Waals surface area contributed by atoms with Gasteiger partial charge in [-0.05, 0) is 49.6 Å². The van der Waals surface area contributed by atoms with Crippen LogP contribution in [-0.2, 0) is 11.2 Å². The van der Waals surface area contributed by atoms with E-state index in [1.54, 1.807) is 12.1 Å². The highest BCUT2D eigenvalue weighted by molar-refractivity contribution is 5.95. The number of fused-ring (bicyclic) bond motifs is 1. The summed E-state index contributed by atoms with van der Waals surface area (Å²) in [6.07, 6.45) is 2.57. The van der Waals surface area contributed by atoms with Gasteiger partial charge in [-0.3, -0.25) is 9.59 Å². The highest BCUT2D eigenvalue weighted by Gasteiger charge is 2.15. The third kappa shape index (κ3) is 3.56. The molecule has 0 radical (unpaired) electrons. The lowest BCUT2D eigenvalue weighted by Crippen LogP contribution is -2.20. The first-order valence-electron chi connectivity index (χ1n) is 9.23. The molecule has 1 amide bonds. The van der Waals surface area contributed by atoms with E-state index in [2.05, 4.69) is 33.4 Å². The Morgan fingerprint density at radius 3 is 2.63 bits per heavy atom. The summed E-state index contributed by atoms with van der Waals surface area (Å²) in [7, 11) is 0. The highest BCUT2D eigenvalue weighted by Crippen LogP contribution is 2.26. The van der Waals surface area contributed by atoms with Crippen molar-refractivity contribution in [1.82, 2.24) is 10.2 Å². The molecule has 2 aromatic carbocycles. The zero-order chi connectivity index (χ0) is 18.8. The van der Waals surface area contributed by atoms with Crippen molar-refractivity contribution < 1.29 is 4.79 Å². The van der Waals surface area contributed by atoms with E-state index in [0.717, 1.165) is 24.3 Å². The molecule has 2 N–H and O–H groups in total. The molecule has 1 aliphatic heterocycles. The Morgan fingerprint density at radius 2 is 1.89 bits per heavy atom. The van der Waals surface area contributed by atoms with Crippen molar-refractivity contribution in [3.63, 3.8) is 0 Å². The van der Waals surface area contributed by atoms with Gasteiger partial charge in [0.05, 0.1) is 17.5 Å². The van der Waals surface area contributed by atoms with Crippen LogP contribution < -0.4 is 15.8 Å². The largest absolute Gasteiger partial charge is 0.371 e. The predicted molar refractivity (Wildman–Crippen MR) is 107 cm³/mol. The minimum atomic E-state index is -0.247. The lowest BCUT2D eigenvalue weighted by molar-refractivity contribution is -0.115. The van der Waals surface area contributed by atoms with Crippen LogP contribution in [0.15, 0.2) is 47.3 Å². The molecule has 1 aromatic heterocycles. The predicted octanol–water partition coefficient (Wildman–Crippen LogP) is 3.01. The second-order valence-electron chi connectivity index (χ2n) is 6.97. The molecular formula is C21H22N4O2. The molecule has 3 aromatic rings. The Kier molecular flexibility index (Phi) is 4.62. The fourth-order valence-corrected chi connectivity index (χ4v) is 3.71. The van der Waals surface area contributed by atoms with Crippen LogP contribution in [0.5, 0.6) is 0 Å². The van der Waals surface area contributed by atoms with E-state index in [1.165, 1.54) is 18.5 Å². The van der Waals surface area contributed by atoms with Crippen molar-refractivity contribution in [3.8, 4) is 0 Å². The van der Waals surface area contributed by atoms with E-state index in [0.29, 0.717) is 16.5 Å². The molecule has 0 bridgehead atoms. The van der Waals surface area contributed by atoms with Gasteiger partial charge in [0.15, 0.2) is 0 Å². The quantitative estimate of drug-likeness (QED) is 0.748. The maximum Gasteiger partial charge on any atom is 0.272 e. The first kappa shape index (κ1) is 17.3. The number of benzene rings is 2. The Morgan fingerprint density at radius 1 is 1.15 bits per heavy atom. The number of rotatable bonds is 4. The summed E-state index contributed by atoms with van der Waals surface area (Å²) in [4.78, 5) is 26.8. The Bertz CT molecular complexity index is 1050. The highest BCUT2D eigenvalue weighted by atomic mass is 16.1. The molecule has 0 atom stereocenters. The Balaban J connectivity index is 1.51. The zero-order valence-electron chi connectivity index (χ0n) is 15.3. The first-order chi connectivity index (χ1) is 13.1. The van der Waals surface area contributed by atoms with Crippen molar-refractivity contribution in [2.45, 2.75) is 26.2 Å². The van der Waals surface area contributed by atoms with Crippen molar-refractivity contribution in [3.05, 3.63) is 64.1 Å². The second kappa shape index (κ2) is 7.23. The van der Waals surface area contributed by atoms with Gasteiger partial charge < -0.3 is 10.2 Å². The van der Waals surface area contributed by atoms with Gasteiger partial charge in [0, 0.05) is 29.9 Å². The summed E-state index contributed by atoms with van der Waals surface area (Å²) in [6, 6.07) is 13.2. The van der Waals surface area contributed by atoms with E-state index in [1.807, 2.05) is 24.3 Å². The molecule has 4 rings (SSSR count). The van der Waals surface area contributed by atoms with E-state index < -0.39 is 0 Å². The van der Waals surface area contributed by atoms with Crippen molar-refractivity contribution in [2.24, 2.45) is 0 Å². The Hall–Kier alpha value is -3.15. The minimum Gasteiger partial charge on any atom is -0.371 e. The minimum absolute atomic E-state index is 0.101. The maximum atomic E-state index is 12.5. The summed E-state index contributed by atoms with van der Waals surface area (Å²) >= 11 is 0. The van der Waals surface area contributed by atoms with Crippen LogP contribution in [0.4, 0.5) is 11.4 Å². The van der Waals surface area contributed by atoms with Crippen LogP contribution in [0, 0.1) is 6.92 Å². The molecule has 138 valence electrons. The van der Waals surface area contributed by atoms with Crippen molar-refractivity contribution in [2.75, 3.05) is 23.3 Å². The molecule has 1 aliphatic rings. The average Bonchev–Trinajstić information content (AvgIpc) is 3.19. The van der Waals surface area contributed by atoms with Gasteiger partial charge in [-0.1, -0.05) is 18.2 Å². The maximum absolute atomic E-state index is 12.5. The summed E-state index contributed by atoms with van der Waals surface area (Å²) in [6.45, 7) is 4.26. The number of aromatic nitrogens is 2. The number of amides is 1. The number of nitrogens with one attached hydrogen (secondary N) is 2. The fraction of sp³-hybridized carbons (Fsp3) is 0.286. The van der Waals surface area contributed by atoms with Crippen LogP contribution in [-0.4, -0.2) is 29.2 Å². The summed E-state index contributed by atoms with van der Waals surface area (Å²) < 4.78 is 0. The number of hydrogen-bond donors (Lipinski definition) is 2. The van der Waals surface area contributed by atoms with E-state index in [9.17, 15) is 9.59 Å². The standard InChI is InChI=1S/C21H22N4O2/c1-14-12-15(8-9-19(14)25-10-4-5-11-25)22-20(26)13-18-16-6-2-3-7-17(16)21(27)24-23-18/h2-3,6-9,12H,4-5,10-11,13H2,1H3,(H,22,26)(H,24,27). The molecule has 2 heterocycles. The molecule has 6 heteroatoms. The van der Waals surface area contributed by atoms with E-state index >= 15 is 0 Å². The van der Waals surface area contributed by atoms with Crippen molar-refractivity contribution in [1.29, 1.82) is 0 Å². The number of nitrogens with zero attached hydrogens (tertiary/aromatic N) is 2. The summed E-state index contributed by atoms with van der Waals surface area (Å²) in [5.41, 5.74) is 3.48. The molecule has 0 unspecified atom stereocenters. The molecule has 27 heavy (non-hydrogen) atoms. The Labute approximate surface area is 157 Å². The van der Waals surface area contributed by atoms with E-state index in [4.69, 9.17) is 0 Å². The van der Waals surface area contributed by atoms with Gasteiger partial charge in [0.1, 0.15) is 0 Å². The second-order valence-corrected chi connectivity index (χ2v) is 6.97. The smallest absolute Gasteiger partial charge is 0.272 e. The monoisotopic (exact) mass is 362 g/mol. The third-order valence-electron chi connectivity index (χ3n) is 5.03. The summed E-state index contributed by atoms with van der Waals surface area (Å²) in [5, 5.41) is 10.7. The van der Waals surface area contributed by atoms with Crippen LogP contribution in [0.1, 0.15) is 24.1 Å². The van der Waals surface area contributed by atoms with Crippen molar-refractivity contribution >= 4 is 28.1 Å². The molecule has 0 aliphatic carbocycles. The van der Waals surface area contributed by atoms with Crippen LogP contribution in [0.3, 0.4) is 0 Å². The number of aryl methyl sites for hydroxylation is 1. The van der Waals surface area contributed by atoms with Crippen LogP contribution in [0.2, 0.25) is 0 Å². The van der Waals surface area contributed by atoms with E-state index in [-0.39, 0.29) is 17.9 Å².